The lowest BCUT2D eigenvalue weighted by molar-refractivity contribution is 1.33. The fraction of sp³-hybridized carbons (Fsp3) is 0. The first-order valence-electron chi connectivity index (χ1n) is 4.45. The van der Waals surface area contributed by atoms with Crippen LogP contribution >= 0.6 is 58.0 Å². The van der Waals surface area contributed by atoms with Crippen LogP contribution in [0.1, 0.15) is 0 Å². The number of hydrogen-bond donors (Lipinski definition) is 0. The van der Waals surface area contributed by atoms with E-state index < -0.39 is 0 Å². The Morgan fingerprint density at radius 1 is 0.765 bits per heavy atom. The van der Waals surface area contributed by atoms with E-state index in [4.69, 9.17) is 58.0 Å². The Morgan fingerprint density at radius 3 is 1.88 bits per heavy atom. The average Bonchev–Trinajstić information content (AvgIpc) is 2.21. The van der Waals surface area contributed by atoms with Gasteiger partial charge in [-0.3, -0.25) is 0 Å². The Kier molecular flexibility index (Phi) is 4.06. The first-order chi connectivity index (χ1) is 8.00. The van der Waals surface area contributed by atoms with Crippen molar-refractivity contribution in [3.8, 4) is 11.1 Å². The molecule has 0 saturated carbocycles. The second kappa shape index (κ2) is 5.21. The van der Waals surface area contributed by atoms with Crippen LogP contribution in [0.15, 0.2) is 24.4 Å². The fourth-order valence-corrected chi connectivity index (χ4v) is 2.97. The van der Waals surface area contributed by atoms with E-state index >= 15 is 0 Å². The van der Waals surface area contributed by atoms with Crippen LogP contribution in [0, 0.1) is 0 Å². The third kappa shape index (κ3) is 2.64. The minimum atomic E-state index is 0.239. The number of rotatable bonds is 1. The molecule has 1 aromatic carbocycles. The lowest BCUT2D eigenvalue weighted by Gasteiger charge is -2.10. The van der Waals surface area contributed by atoms with E-state index in [1.165, 1.54) is 6.20 Å². The van der Waals surface area contributed by atoms with Gasteiger partial charge in [-0.2, -0.15) is 0 Å². The lowest BCUT2D eigenvalue weighted by atomic mass is 10.1. The van der Waals surface area contributed by atoms with Crippen molar-refractivity contribution in [2.45, 2.75) is 0 Å². The van der Waals surface area contributed by atoms with Gasteiger partial charge in [-0.1, -0.05) is 58.0 Å². The summed E-state index contributed by atoms with van der Waals surface area (Å²) in [6.07, 6.45) is 1.51. The molecule has 0 fully saturated rings. The Morgan fingerprint density at radius 2 is 1.35 bits per heavy atom. The Hall–Kier alpha value is -0.180. The van der Waals surface area contributed by atoms with E-state index in [2.05, 4.69) is 4.98 Å². The number of benzene rings is 1. The van der Waals surface area contributed by atoms with Gasteiger partial charge in [-0.05, 0) is 18.2 Å². The van der Waals surface area contributed by atoms with Crippen LogP contribution in [0.5, 0.6) is 0 Å². The summed E-state index contributed by atoms with van der Waals surface area (Å²) in [6.45, 7) is 0. The predicted molar refractivity (Wildman–Crippen MR) is 74.7 cm³/mol. The van der Waals surface area contributed by atoms with E-state index in [9.17, 15) is 0 Å². The molecule has 1 aromatic heterocycles. The van der Waals surface area contributed by atoms with Crippen molar-refractivity contribution in [1.29, 1.82) is 0 Å². The molecule has 0 N–H and O–H groups in total. The zero-order chi connectivity index (χ0) is 12.6. The molecule has 0 aliphatic heterocycles. The first-order valence-corrected chi connectivity index (χ1v) is 6.34. The van der Waals surface area contributed by atoms with Gasteiger partial charge in [0.15, 0.2) is 0 Å². The molecule has 0 unspecified atom stereocenters. The molecule has 0 spiro atoms. The Labute approximate surface area is 123 Å². The van der Waals surface area contributed by atoms with Crippen LogP contribution in [-0.4, -0.2) is 4.98 Å². The van der Waals surface area contributed by atoms with E-state index in [0.29, 0.717) is 31.2 Å². The van der Waals surface area contributed by atoms with Crippen molar-refractivity contribution in [2.24, 2.45) is 0 Å². The van der Waals surface area contributed by atoms with Crippen LogP contribution in [0.3, 0.4) is 0 Å². The number of aromatic nitrogens is 1. The highest BCUT2D eigenvalue weighted by Gasteiger charge is 2.16. The second-order valence-electron chi connectivity index (χ2n) is 3.20. The maximum Gasteiger partial charge on any atom is 0.138 e. The lowest BCUT2D eigenvalue weighted by Crippen LogP contribution is -1.87. The number of hydrogen-bond acceptors (Lipinski definition) is 1. The van der Waals surface area contributed by atoms with Crippen molar-refractivity contribution in [1.82, 2.24) is 4.98 Å². The van der Waals surface area contributed by atoms with Gasteiger partial charge >= 0.3 is 0 Å². The van der Waals surface area contributed by atoms with Gasteiger partial charge in [0.2, 0.25) is 0 Å². The largest absolute Gasteiger partial charge is 0.244 e. The summed E-state index contributed by atoms with van der Waals surface area (Å²) in [5.74, 6) is 0. The molecule has 0 aliphatic rings. The van der Waals surface area contributed by atoms with Crippen molar-refractivity contribution in [3.63, 3.8) is 0 Å². The third-order valence-electron chi connectivity index (χ3n) is 2.11. The Balaban J connectivity index is 2.77. The summed E-state index contributed by atoms with van der Waals surface area (Å²) < 4.78 is 0. The summed E-state index contributed by atoms with van der Waals surface area (Å²) in [7, 11) is 0. The zero-order valence-electron chi connectivity index (χ0n) is 8.15. The van der Waals surface area contributed by atoms with Crippen molar-refractivity contribution >= 4 is 58.0 Å². The monoisotopic (exact) mass is 325 g/mol. The molecule has 1 heterocycles. The highest BCUT2D eigenvalue weighted by molar-refractivity contribution is 6.45. The van der Waals surface area contributed by atoms with E-state index in [0.717, 1.165) is 0 Å². The topological polar surface area (TPSA) is 12.9 Å². The average molecular weight is 327 g/mol. The minimum absolute atomic E-state index is 0.239. The third-order valence-corrected chi connectivity index (χ3v) is 3.53. The molecule has 88 valence electrons. The molecular formula is C11H4Cl5N. The van der Waals surface area contributed by atoms with Crippen molar-refractivity contribution in [2.75, 3.05) is 0 Å². The zero-order valence-corrected chi connectivity index (χ0v) is 11.9. The molecule has 17 heavy (non-hydrogen) atoms. The maximum absolute atomic E-state index is 6.10. The fourth-order valence-electron chi connectivity index (χ4n) is 1.42. The first kappa shape index (κ1) is 13.3. The summed E-state index contributed by atoms with van der Waals surface area (Å²) in [6, 6.07) is 4.76. The number of halogens is 5. The smallest absolute Gasteiger partial charge is 0.138 e. The molecule has 0 saturated heterocycles. The van der Waals surface area contributed by atoms with Crippen molar-refractivity contribution < 1.29 is 0 Å². The standard InChI is InChI=1S/C11H4Cl5N/c12-5-3-7(14)9(8(15)4-5)10-6(13)1-2-17-11(10)16/h1-4H. The summed E-state index contributed by atoms with van der Waals surface area (Å²) >= 11 is 30.1. The van der Waals surface area contributed by atoms with Gasteiger partial charge in [0.05, 0.1) is 15.1 Å². The molecule has 2 rings (SSSR count). The van der Waals surface area contributed by atoms with Crippen LogP contribution in [0.4, 0.5) is 0 Å². The summed E-state index contributed by atoms with van der Waals surface area (Å²) in [5, 5.41) is 1.86. The molecule has 2 aromatic rings. The van der Waals surface area contributed by atoms with Gasteiger partial charge in [-0.25, -0.2) is 4.98 Å². The van der Waals surface area contributed by atoms with Crippen LogP contribution in [0.2, 0.25) is 25.2 Å². The second-order valence-corrected chi connectivity index (χ2v) is 5.22. The molecule has 0 aliphatic carbocycles. The summed E-state index contributed by atoms with van der Waals surface area (Å²) in [4.78, 5) is 3.95. The van der Waals surface area contributed by atoms with Gasteiger partial charge in [0.1, 0.15) is 5.15 Å². The van der Waals surface area contributed by atoms with Crippen LogP contribution in [-0.2, 0) is 0 Å². The van der Waals surface area contributed by atoms with E-state index in [1.54, 1.807) is 18.2 Å². The Bertz CT molecular complexity index is 539. The molecule has 0 radical (unpaired) electrons. The molecule has 0 bridgehead atoms. The normalized spacial score (nSPS) is 10.6. The maximum atomic E-state index is 6.10. The number of nitrogens with zero attached hydrogens (tertiary/aromatic N) is 1. The highest BCUT2D eigenvalue weighted by Crippen LogP contribution is 2.42. The number of pyridine rings is 1. The highest BCUT2D eigenvalue weighted by atomic mass is 35.5. The molecule has 1 nitrogen and oxygen atoms in total. The van der Waals surface area contributed by atoms with Gasteiger partial charge in [0, 0.05) is 22.3 Å². The SMILES string of the molecule is Clc1cc(Cl)c(-c2c(Cl)ccnc2Cl)c(Cl)c1. The van der Waals surface area contributed by atoms with Gasteiger partial charge in [-0.15, -0.1) is 0 Å². The van der Waals surface area contributed by atoms with Crippen LogP contribution in [0.25, 0.3) is 11.1 Å². The van der Waals surface area contributed by atoms with E-state index in [-0.39, 0.29) is 5.15 Å². The summed E-state index contributed by atoms with van der Waals surface area (Å²) in [5.41, 5.74) is 1.03. The van der Waals surface area contributed by atoms with E-state index in [1.807, 2.05) is 0 Å². The molecular weight excluding hydrogens is 323 g/mol. The minimum Gasteiger partial charge on any atom is -0.244 e. The van der Waals surface area contributed by atoms with Gasteiger partial charge < -0.3 is 0 Å². The van der Waals surface area contributed by atoms with Crippen molar-refractivity contribution in [3.05, 3.63) is 49.6 Å². The molecule has 0 amide bonds. The van der Waals surface area contributed by atoms with Gasteiger partial charge in [0.25, 0.3) is 0 Å². The van der Waals surface area contributed by atoms with Crippen LogP contribution < -0.4 is 0 Å². The quantitative estimate of drug-likeness (QED) is 0.584. The predicted octanol–water partition coefficient (Wildman–Crippen LogP) is 6.02. The molecule has 6 heteroatoms. The molecule has 0 atom stereocenters.